The zero-order chi connectivity index (χ0) is 15.9. The van der Waals surface area contributed by atoms with Crippen LogP contribution in [0.4, 0.5) is 0 Å². The minimum Gasteiger partial charge on any atom is -0.390 e. The molecule has 2 unspecified atom stereocenters. The number of likely N-dealkylation sites (tertiary alicyclic amines) is 2. The minimum absolute atomic E-state index is 0.220. The molecule has 0 amide bonds. The van der Waals surface area contributed by atoms with Crippen LogP contribution in [0.2, 0.25) is 0 Å². The molecule has 0 aromatic rings. The van der Waals surface area contributed by atoms with Gasteiger partial charge < -0.3 is 14.7 Å². The molecule has 22 heavy (non-hydrogen) atoms. The second kappa shape index (κ2) is 9.21. The van der Waals surface area contributed by atoms with Crippen molar-refractivity contribution in [2.24, 2.45) is 11.8 Å². The number of β-amino-alcohol motifs (C(OH)–C–C–N with tert-alkyl or cyclic N) is 1. The lowest BCUT2D eigenvalue weighted by atomic mass is 9.99. The predicted molar refractivity (Wildman–Crippen MR) is 91.1 cm³/mol. The largest absolute Gasteiger partial charge is 0.390 e. The topological polar surface area (TPSA) is 35.9 Å². The summed E-state index contributed by atoms with van der Waals surface area (Å²) in [7, 11) is 0. The molecular formula is C18H36N2O2. The third-order valence-corrected chi connectivity index (χ3v) is 5.09. The van der Waals surface area contributed by atoms with Gasteiger partial charge in [0.2, 0.25) is 0 Å². The first-order chi connectivity index (χ1) is 10.5. The fraction of sp³-hybridized carbons (Fsp3) is 1.00. The number of hydrogen-bond donors (Lipinski definition) is 1. The Kier molecular flexibility index (Phi) is 7.61. The van der Waals surface area contributed by atoms with Crippen molar-refractivity contribution in [1.29, 1.82) is 0 Å². The van der Waals surface area contributed by atoms with Crippen LogP contribution in [-0.4, -0.2) is 73.0 Å². The molecule has 0 saturated carbocycles. The molecule has 0 aromatic heterocycles. The van der Waals surface area contributed by atoms with Gasteiger partial charge in [0.25, 0.3) is 0 Å². The van der Waals surface area contributed by atoms with E-state index in [1.165, 1.54) is 12.8 Å². The molecule has 0 aliphatic carbocycles. The van der Waals surface area contributed by atoms with Gasteiger partial charge in [0.15, 0.2) is 0 Å². The van der Waals surface area contributed by atoms with Crippen molar-refractivity contribution < 1.29 is 9.84 Å². The van der Waals surface area contributed by atoms with Gasteiger partial charge in [-0.1, -0.05) is 20.8 Å². The Morgan fingerprint density at radius 2 is 1.68 bits per heavy atom. The average Bonchev–Trinajstić information content (AvgIpc) is 2.88. The zero-order valence-electron chi connectivity index (χ0n) is 14.8. The standard InChI is InChI=1S/C18H36N2O2/c1-15(2)7-11-22-18-6-10-20(14-18)13-17(21)12-19-8-4-16(3)5-9-19/h15-18,21H,4-14H2,1-3H3. The molecule has 2 fully saturated rings. The van der Waals surface area contributed by atoms with E-state index in [9.17, 15) is 5.11 Å². The lowest BCUT2D eigenvalue weighted by Gasteiger charge is -2.32. The van der Waals surface area contributed by atoms with Gasteiger partial charge in [-0.15, -0.1) is 0 Å². The van der Waals surface area contributed by atoms with Crippen LogP contribution < -0.4 is 0 Å². The normalized spacial score (nSPS) is 26.9. The van der Waals surface area contributed by atoms with Gasteiger partial charge in [-0.3, -0.25) is 4.90 Å². The molecular weight excluding hydrogens is 276 g/mol. The Bertz CT molecular complexity index is 303. The van der Waals surface area contributed by atoms with E-state index in [2.05, 4.69) is 30.6 Å². The van der Waals surface area contributed by atoms with Crippen LogP contribution in [0, 0.1) is 11.8 Å². The van der Waals surface area contributed by atoms with E-state index in [0.29, 0.717) is 12.0 Å². The second-order valence-corrected chi connectivity index (χ2v) is 7.86. The Balaban J connectivity index is 1.58. The highest BCUT2D eigenvalue weighted by molar-refractivity contribution is 4.80. The van der Waals surface area contributed by atoms with E-state index in [1.807, 2.05) is 0 Å². The highest BCUT2D eigenvalue weighted by Crippen LogP contribution is 2.17. The summed E-state index contributed by atoms with van der Waals surface area (Å²) < 4.78 is 5.95. The summed E-state index contributed by atoms with van der Waals surface area (Å²) in [5.41, 5.74) is 0. The van der Waals surface area contributed by atoms with Crippen molar-refractivity contribution in [2.75, 3.05) is 45.9 Å². The summed E-state index contributed by atoms with van der Waals surface area (Å²) in [6.45, 7) is 13.7. The Hall–Kier alpha value is -0.160. The number of ether oxygens (including phenoxy) is 1. The first kappa shape index (κ1) is 18.2. The predicted octanol–water partition coefficient (Wildman–Crippen LogP) is 2.22. The molecule has 0 bridgehead atoms. The quantitative estimate of drug-likeness (QED) is 0.745. The van der Waals surface area contributed by atoms with Crippen LogP contribution in [0.15, 0.2) is 0 Å². The van der Waals surface area contributed by atoms with Crippen LogP contribution in [0.5, 0.6) is 0 Å². The number of rotatable bonds is 8. The van der Waals surface area contributed by atoms with Crippen molar-refractivity contribution in [2.45, 2.75) is 58.7 Å². The van der Waals surface area contributed by atoms with E-state index in [1.54, 1.807) is 0 Å². The lowest BCUT2D eigenvalue weighted by Crippen LogP contribution is -2.42. The molecule has 2 aliphatic heterocycles. The van der Waals surface area contributed by atoms with Gasteiger partial charge in [-0.05, 0) is 50.6 Å². The van der Waals surface area contributed by atoms with Crippen LogP contribution in [0.1, 0.15) is 46.5 Å². The summed E-state index contributed by atoms with van der Waals surface area (Å²) in [6.07, 6.45) is 4.98. The van der Waals surface area contributed by atoms with E-state index in [4.69, 9.17) is 4.74 Å². The van der Waals surface area contributed by atoms with Crippen molar-refractivity contribution in [3.05, 3.63) is 0 Å². The fourth-order valence-corrected chi connectivity index (χ4v) is 3.47. The summed E-state index contributed by atoms with van der Waals surface area (Å²) in [5, 5.41) is 10.3. The minimum atomic E-state index is -0.220. The Morgan fingerprint density at radius 1 is 1.05 bits per heavy atom. The van der Waals surface area contributed by atoms with Crippen LogP contribution in [-0.2, 0) is 4.74 Å². The van der Waals surface area contributed by atoms with E-state index < -0.39 is 0 Å². The highest BCUT2D eigenvalue weighted by Gasteiger charge is 2.26. The van der Waals surface area contributed by atoms with Gasteiger partial charge >= 0.3 is 0 Å². The molecule has 4 heteroatoms. The summed E-state index contributed by atoms with van der Waals surface area (Å²) in [6, 6.07) is 0. The van der Waals surface area contributed by atoms with Crippen molar-refractivity contribution in [3.8, 4) is 0 Å². The van der Waals surface area contributed by atoms with Gasteiger partial charge in [0.05, 0.1) is 12.2 Å². The maximum atomic E-state index is 10.3. The number of aliphatic hydroxyl groups excluding tert-OH is 1. The molecule has 4 nitrogen and oxygen atoms in total. The molecule has 2 aliphatic rings. The number of piperidine rings is 1. The van der Waals surface area contributed by atoms with Crippen molar-refractivity contribution in [1.82, 2.24) is 9.80 Å². The fourth-order valence-electron chi connectivity index (χ4n) is 3.47. The lowest BCUT2D eigenvalue weighted by molar-refractivity contribution is 0.0399. The van der Waals surface area contributed by atoms with Crippen molar-refractivity contribution in [3.63, 3.8) is 0 Å². The number of hydrogen-bond acceptors (Lipinski definition) is 4. The van der Waals surface area contributed by atoms with Crippen LogP contribution in [0.25, 0.3) is 0 Å². The first-order valence-electron chi connectivity index (χ1n) is 9.27. The molecule has 0 radical (unpaired) electrons. The van der Waals surface area contributed by atoms with E-state index in [-0.39, 0.29) is 6.10 Å². The average molecular weight is 312 g/mol. The van der Waals surface area contributed by atoms with E-state index >= 15 is 0 Å². The van der Waals surface area contributed by atoms with Crippen molar-refractivity contribution >= 4 is 0 Å². The monoisotopic (exact) mass is 312 g/mol. The third kappa shape index (κ3) is 6.53. The third-order valence-electron chi connectivity index (χ3n) is 5.09. The Labute approximate surface area is 136 Å². The maximum Gasteiger partial charge on any atom is 0.0793 e. The molecule has 2 saturated heterocycles. The van der Waals surface area contributed by atoms with Gasteiger partial charge in [-0.2, -0.15) is 0 Å². The van der Waals surface area contributed by atoms with Gasteiger partial charge in [-0.25, -0.2) is 0 Å². The molecule has 1 N–H and O–H groups in total. The molecule has 0 aromatic carbocycles. The van der Waals surface area contributed by atoms with Gasteiger partial charge in [0.1, 0.15) is 0 Å². The number of nitrogens with zero attached hydrogens (tertiary/aromatic N) is 2. The molecule has 2 heterocycles. The first-order valence-corrected chi connectivity index (χ1v) is 9.27. The van der Waals surface area contributed by atoms with Gasteiger partial charge in [0, 0.05) is 32.8 Å². The summed E-state index contributed by atoms with van der Waals surface area (Å²) in [4.78, 5) is 4.80. The van der Waals surface area contributed by atoms with Crippen LogP contribution in [0.3, 0.4) is 0 Å². The smallest absolute Gasteiger partial charge is 0.0793 e. The molecule has 130 valence electrons. The zero-order valence-corrected chi connectivity index (χ0v) is 14.8. The second-order valence-electron chi connectivity index (χ2n) is 7.86. The highest BCUT2D eigenvalue weighted by atomic mass is 16.5. The maximum absolute atomic E-state index is 10.3. The SMILES string of the molecule is CC(C)CCOC1CCN(CC(O)CN2CCC(C)CC2)C1. The Morgan fingerprint density at radius 3 is 2.36 bits per heavy atom. The summed E-state index contributed by atoms with van der Waals surface area (Å²) >= 11 is 0. The molecule has 0 spiro atoms. The molecule has 2 rings (SSSR count). The number of aliphatic hydroxyl groups is 1. The molecule has 2 atom stereocenters. The van der Waals surface area contributed by atoms with Crippen LogP contribution >= 0.6 is 0 Å². The summed E-state index contributed by atoms with van der Waals surface area (Å²) in [5.74, 6) is 1.57. The van der Waals surface area contributed by atoms with E-state index in [0.717, 1.165) is 64.6 Å².